The minimum atomic E-state index is -0.402. The van der Waals surface area contributed by atoms with Gasteiger partial charge in [-0.2, -0.15) is 5.10 Å². The van der Waals surface area contributed by atoms with Gasteiger partial charge in [-0.3, -0.25) is 9.59 Å². The van der Waals surface area contributed by atoms with Gasteiger partial charge in [0, 0.05) is 18.5 Å². The highest BCUT2D eigenvalue weighted by molar-refractivity contribution is 14.1. The lowest BCUT2D eigenvalue weighted by molar-refractivity contribution is -0.124. The molecule has 2 rings (SSSR count). The third-order valence-corrected chi connectivity index (χ3v) is 4.37. The highest BCUT2D eigenvalue weighted by atomic mass is 127. The van der Waals surface area contributed by atoms with E-state index in [1.807, 2.05) is 6.07 Å². The Morgan fingerprint density at radius 2 is 1.79 bits per heavy atom. The average Bonchev–Trinajstić information content (AvgIpc) is 2.67. The number of methoxy groups -OCH3 is 2. The maximum atomic E-state index is 12.8. The number of halogens is 2. The summed E-state index contributed by atoms with van der Waals surface area (Å²) in [6, 6.07) is 8.93. The first kappa shape index (κ1) is 21.6. The van der Waals surface area contributed by atoms with Gasteiger partial charge in [-0.15, -0.1) is 0 Å². The standard InChI is InChI=1S/C19H19FIN3O4/c1-27-16-10-12(9-15(21)19(16)28-2)11-22-24-18(26)8-7-17(25)23-14-5-3-13(20)4-6-14/h3-6,9-11H,7-8H2,1-2H3,(H,23,25)(H,24,26). The van der Waals surface area contributed by atoms with Crippen molar-refractivity contribution in [3.05, 3.63) is 51.3 Å². The van der Waals surface area contributed by atoms with Crippen molar-refractivity contribution in [3.8, 4) is 11.5 Å². The molecule has 0 aromatic heterocycles. The van der Waals surface area contributed by atoms with Crippen LogP contribution in [0.2, 0.25) is 0 Å². The SMILES string of the molecule is COc1cc(C=NNC(=O)CCC(=O)Nc2ccc(F)cc2)cc(I)c1OC. The summed E-state index contributed by atoms with van der Waals surface area (Å²) >= 11 is 2.11. The fraction of sp³-hybridized carbons (Fsp3) is 0.211. The molecule has 7 nitrogen and oxygen atoms in total. The van der Waals surface area contributed by atoms with Gasteiger partial charge in [0.05, 0.1) is 24.0 Å². The number of hydrazone groups is 1. The lowest BCUT2D eigenvalue weighted by Crippen LogP contribution is -2.20. The summed E-state index contributed by atoms with van der Waals surface area (Å²) in [5, 5.41) is 6.47. The number of hydrogen-bond acceptors (Lipinski definition) is 5. The number of nitrogens with zero attached hydrogens (tertiary/aromatic N) is 1. The van der Waals surface area contributed by atoms with E-state index in [0.717, 1.165) is 9.13 Å². The van der Waals surface area contributed by atoms with Crippen LogP contribution in [0.1, 0.15) is 18.4 Å². The molecule has 0 fully saturated rings. The molecule has 0 spiro atoms. The van der Waals surface area contributed by atoms with Gasteiger partial charge >= 0.3 is 0 Å². The summed E-state index contributed by atoms with van der Waals surface area (Å²) in [6.07, 6.45) is 1.42. The number of anilines is 1. The molecule has 0 bridgehead atoms. The van der Waals surface area contributed by atoms with E-state index in [-0.39, 0.29) is 24.6 Å². The molecular weight excluding hydrogens is 480 g/mol. The molecule has 2 N–H and O–H groups in total. The molecule has 0 aliphatic rings. The molecule has 0 heterocycles. The van der Waals surface area contributed by atoms with Crippen LogP contribution in [0.25, 0.3) is 0 Å². The van der Waals surface area contributed by atoms with Crippen LogP contribution in [-0.4, -0.2) is 32.2 Å². The minimum absolute atomic E-state index is 0.0208. The Hall–Kier alpha value is -2.69. The first-order valence-corrected chi connectivity index (χ1v) is 9.29. The molecule has 0 unspecified atom stereocenters. The summed E-state index contributed by atoms with van der Waals surface area (Å²) in [6.45, 7) is 0. The summed E-state index contributed by atoms with van der Waals surface area (Å²) in [7, 11) is 3.09. The quantitative estimate of drug-likeness (QED) is 0.332. The number of nitrogens with one attached hydrogen (secondary N) is 2. The van der Waals surface area contributed by atoms with Crippen molar-refractivity contribution in [1.82, 2.24) is 5.43 Å². The zero-order valence-electron chi connectivity index (χ0n) is 15.3. The highest BCUT2D eigenvalue weighted by Gasteiger charge is 2.10. The Morgan fingerprint density at radius 1 is 1.11 bits per heavy atom. The molecule has 28 heavy (non-hydrogen) atoms. The Labute approximate surface area is 175 Å². The van der Waals surface area contributed by atoms with Crippen LogP contribution in [-0.2, 0) is 9.59 Å². The molecule has 9 heteroatoms. The second-order valence-corrected chi connectivity index (χ2v) is 6.75. The molecule has 2 aromatic carbocycles. The molecule has 0 saturated heterocycles. The molecule has 2 aromatic rings. The van der Waals surface area contributed by atoms with Gasteiger partial charge in [0.25, 0.3) is 0 Å². The summed E-state index contributed by atoms with van der Waals surface area (Å²) < 4.78 is 24.2. The first-order valence-electron chi connectivity index (χ1n) is 8.21. The lowest BCUT2D eigenvalue weighted by atomic mass is 10.2. The maximum absolute atomic E-state index is 12.8. The Balaban J connectivity index is 1.82. The Bertz CT molecular complexity index is 872. The van der Waals surface area contributed by atoms with Crippen molar-refractivity contribution in [3.63, 3.8) is 0 Å². The van der Waals surface area contributed by atoms with Gasteiger partial charge in [-0.05, 0) is 64.6 Å². The van der Waals surface area contributed by atoms with Crippen molar-refractivity contribution in [2.24, 2.45) is 5.10 Å². The fourth-order valence-corrected chi connectivity index (χ4v) is 3.08. The molecule has 0 aliphatic carbocycles. The van der Waals surface area contributed by atoms with Crippen LogP contribution in [0, 0.1) is 9.39 Å². The van der Waals surface area contributed by atoms with Gasteiger partial charge in [0.15, 0.2) is 11.5 Å². The second-order valence-electron chi connectivity index (χ2n) is 5.59. The first-order chi connectivity index (χ1) is 13.4. The van der Waals surface area contributed by atoms with Crippen LogP contribution in [0.5, 0.6) is 11.5 Å². The van der Waals surface area contributed by atoms with Crippen molar-refractivity contribution in [2.45, 2.75) is 12.8 Å². The van der Waals surface area contributed by atoms with E-state index in [1.54, 1.807) is 13.2 Å². The topological polar surface area (TPSA) is 89.0 Å². The van der Waals surface area contributed by atoms with Gasteiger partial charge in [-0.25, -0.2) is 9.82 Å². The second kappa shape index (κ2) is 10.6. The zero-order chi connectivity index (χ0) is 20.5. The number of hydrogen-bond donors (Lipinski definition) is 2. The van der Waals surface area contributed by atoms with Crippen molar-refractivity contribution >= 4 is 46.3 Å². The molecule has 0 atom stereocenters. The van der Waals surface area contributed by atoms with Crippen molar-refractivity contribution in [2.75, 3.05) is 19.5 Å². The van der Waals surface area contributed by atoms with Gasteiger partial charge < -0.3 is 14.8 Å². The number of ether oxygens (including phenoxy) is 2. The summed E-state index contributed by atoms with van der Waals surface area (Å²) in [4.78, 5) is 23.6. The normalized spacial score (nSPS) is 10.6. The number of amides is 2. The van der Waals surface area contributed by atoms with Crippen molar-refractivity contribution in [1.29, 1.82) is 0 Å². The molecule has 2 amide bonds. The average molecular weight is 499 g/mol. The molecule has 148 valence electrons. The largest absolute Gasteiger partial charge is 0.493 e. The van der Waals surface area contributed by atoms with Gasteiger partial charge in [0.1, 0.15) is 5.82 Å². The van der Waals surface area contributed by atoms with Crippen LogP contribution >= 0.6 is 22.6 Å². The monoisotopic (exact) mass is 499 g/mol. The zero-order valence-corrected chi connectivity index (χ0v) is 17.4. The fourth-order valence-electron chi connectivity index (χ4n) is 2.23. The number of benzene rings is 2. The highest BCUT2D eigenvalue weighted by Crippen LogP contribution is 2.32. The van der Waals surface area contributed by atoms with Crippen LogP contribution in [0.3, 0.4) is 0 Å². The van der Waals surface area contributed by atoms with E-state index in [4.69, 9.17) is 9.47 Å². The smallest absolute Gasteiger partial charge is 0.240 e. The van der Waals surface area contributed by atoms with E-state index >= 15 is 0 Å². The number of rotatable bonds is 8. The van der Waals surface area contributed by atoms with E-state index in [1.165, 1.54) is 37.6 Å². The number of carbonyl (C=O) groups excluding carboxylic acids is 2. The third-order valence-electron chi connectivity index (χ3n) is 3.57. The van der Waals surface area contributed by atoms with E-state index in [2.05, 4.69) is 38.4 Å². The number of carbonyl (C=O) groups is 2. The van der Waals surface area contributed by atoms with E-state index < -0.39 is 5.91 Å². The molecule has 0 radical (unpaired) electrons. The van der Waals surface area contributed by atoms with Crippen LogP contribution in [0.15, 0.2) is 41.5 Å². The predicted octanol–water partition coefficient (Wildman–Crippen LogP) is 3.32. The Kier molecular flexibility index (Phi) is 8.18. The maximum Gasteiger partial charge on any atom is 0.240 e. The molecule has 0 aliphatic heterocycles. The lowest BCUT2D eigenvalue weighted by Gasteiger charge is -2.10. The Morgan fingerprint density at radius 3 is 2.43 bits per heavy atom. The predicted molar refractivity (Wildman–Crippen MR) is 112 cm³/mol. The van der Waals surface area contributed by atoms with E-state index in [9.17, 15) is 14.0 Å². The van der Waals surface area contributed by atoms with Crippen molar-refractivity contribution < 1.29 is 23.5 Å². The molecule has 0 saturated carbocycles. The van der Waals surface area contributed by atoms with Crippen LogP contribution < -0.4 is 20.2 Å². The minimum Gasteiger partial charge on any atom is -0.493 e. The van der Waals surface area contributed by atoms with Gasteiger partial charge in [-0.1, -0.05) is 0 Å². The summed E-state index contributed by atoms with van der Waals surface area (Å²) in [5.41, 5.74) is 3.55. The van der Waals surface area contributed by atoms with Crippen LogP contribution in [0.4, 0.5) is 10.1 Å². The third kappa shape index (κ3) is 6.48. The summed E-state index contributed by atoms with van der Waals surface area (Å²) in [5.74, 6) is 0.0383. The van der Waals surface area contributed by atoms with Gasteiger partial charge in [0.2, 0.25) is 11.8 Å². The molecular formula is C19H19FIN3O4. The van der Waals surface area contributed by atoms with E-state index in [0.29, 0.717) is 17.2 Å².